The molecule has 0 radical (unpaired) electrons. The molecule has 1 aliphatic heterocycles. The maximum absolute atomic E-state index is 12.7. The third-order valence-corrected chi connectivity index (χ3v) is 7.65. The Kier molecular flexibility index (Phi) is 5.52. The number of halogens is 3. The molecule has 3 aliphatic rings. The van der Waals surface area contributed by atoms with Gasteiger partial charge in [-0.25, -0.2) is 0 Å². The third kappa shape index (κ3) is 3.77. The standard InChI is InChI=1S/C23H17Br2ClN2O3/c24-16-5-4-15(17(25)9-16)11-31-19-6-1-12(7-18(19)26)10-27-28-22(29)20-13-2-3-14(8-13)21(20)23(28)30/h1-7,9-10,13-14,20-21H,8,11H2/t13-,14-,20-,21+/m0/s1. The molecule has 2 aromatic carbocycles. The number of rotatable bonds is 5. The number of hydrogen-bond acceptors (Lipinski definition) is 4. The number of carbonyl (C=O) groups excluding carboxylic acids is 2. The lowest BCUT2D eigenvalue weighted by atomic mass is 9.85. The minimum Gasteiger partial charge on any atom is -0.487 e. The van der Waals surface area contributed by atoms with Gasteiger partial charge in [-0.15, -0.1) is 0 Å². The summed E-state index contributed by atoms with van der Waals surface area (Å²) in [6.45, 7) is 0.358. The van der Waals surface area contributed by atoms with Gasteiger partial charge in [0.05, 0.1) is 23.1 Å². The van der Waals surface area contributed by atoms with E-state index in [-0.39, 0.29) is 35.5 Å². The van der Waals surface area contributed by atoms with Gasteiger partial charge in [-0.05, 0) is 54.2 Å². The number of hydrazone groups is 1. The molecule has 1 saturated heterocycles. The van der Waals surface area contributed by atoms with Gasteiger partial charge >= 0.3 is 0 Å². The molecule has 0 spiro atoms. The van der Waals surface area contributed by atoms with Crippen molar-refractivity contribution in [3.05, 3.63) is 73.6 Å². The van der Waals surface area contributed by atoms with Crippen LogP contribution < -0.4 is 4.74 Å². The molecule has 2 amide bonds. The average molecular weight is 565 g/mol. The van der Waals surface area contributed by atoms with Crippen molar-refractivity contribution in [2.75, 3.05) is 0 Å². The highest BCUT2D eigenvalue weighted by atomic mass is 79.9. The second-order valence-electron chi connectivity index (χ2n) is 7.95. The Labute approximate surface area is 201 Å². The first-order valence-electron chi connectivity index (χ1n) is 9.89. The van der Waals surface area contributed by atoms with Crippen LogP contribution in [0.4, 0.5) is 0 Å². The van der Waals surface area contributed by atoms with Crippen molar-refractivity contribution in [1.29, 1.82) is 0 Å². The summed E-state index contributed by atoms with van der Waals surface area (Å²) in [5.74, 6) is -0.0249. The van der Waals surface area contributed by atoms with Crippen LogP contribution in [0, 0.1) is 23.7 Å². The van der Waals surface area contributed by atoms with Crippen LogP contribution in [0.2, 0.25) is 5.02 Å². The third-order valence-electron chi connectivity index (χ3n) is 6.12. The van der Waals surface area contributed by atoms with E-state index in [9.17, 15) is 9.59 Å². The van der Waals surface area contributed by atoms with Gasteiger partial charge in [0.25, 0.3) is 11.8 Å². The molecule has 8 heteroatoms. The van der Waals surface area contributed by atoms with E-state index in [0.717, 1.165) is 25.9 Å². The fourth-order valence-corrected chi connectivity index (χ4v) is 6.04. The van der Waals surface area contributed by atoms with Crippen LogP contribution in [0.1, 0.15) is 17.5 Å². The van der Waals surface area contributed by atoms with Crippen LogP contribution in [0.3, 0.4) is 0 Å². The van der Waals surface area contributed by atoms with Gasteiger partial charge in [0, 0.05) is 14.5 Å². The number of fused-ring (bicyclic) bond motifs is 5. The van der Waals surface area contributed by atoms with E-state index in [1.807, 2.05) is 18.2 Å². The zero-order valence-corrected chi connectivity index (χ0v) is 20.1. The van der Waals surface area contributed by atoms with Crippen LogP contribution in [-0.2, 0) is 16.2 Å². The molecule has 0 unspecified atom stereocenters. The van der Waals surface area contributed by atoms with Crippen LogP contribution in [0.25, 0.3) is 0 Å². The molecule has 5 nitrogen and oxygen atoms in total. The van der Waals surface area contributed by atoms with E-state index in [4.69, 9.17) is 16.3 Å². The van der Waals surface area contributed by atoms with Crippen molar-refractivity contribution < 1.29 is 14.3 Å². The van der Waals surface area contributed by atoms with Gasteiger partial charge in [-0.2, -0.15) is 10.1 Å². The number of allylic oxidation sites excluding steroid dienone is 2. The number of benzene rings is 2. The number of carbonyl (C=O) groups is 2. The molecule has 2 aliphatic carbocycles. The zero-order valence-electron chi connectivity index (χ0n) is 16.2. The number of ether oxygens (including phenoxy) is 1. The first-order chi connectivity index (χ1) is 14.9. The lowest BCUT2D eigenvalue weighted by molar-refractivity contribution is -0.140. The molecule has 2 bridgehead atoms. The second kappa shape index (κ2) is 8.19. The fraction of sp³-hybridized carbons (Fsp3) is 0.261. The highest BCUT2D eigenvalue weighted by Gasteiger charge is 2.59. The van der Waals surface area contributed by atoms with Crippen LogP contribution in [0.5, 0.6) is 5.75 Å². The molecule has 2 aromatic rings. The summed E-state index contributed by atoms with van der Waals surface area (Å²) in [6.07, 6.45) is 6.52. The molecule has 31 heavy (non-hydrogen) atoms. The molecule has 4 atom stereocenters. The summed E-state index contributed by atoms with van der Waals surface area (Å²) < 4.78 is 7.76. The van der Waals surface area contributed by atoms with E-state index in [0.29, 0.717) is 22.9 Å². The Morgan fingerprint density at radius 3 is 2.42 bits per heavy atom. The molecule has 158 valence electrons. The Morgan fingerprint density at radius 2 is 1.77 bits per heavy atom. The maximum Gasteiger partial charge on any atom is 0.254 e. The zero-order chi connectivity index (χ0) is 21.7. The van der Waals surface area contributed by atoms with Crippen molar-refractivity contribution in [1.82, 2.24) is 5.01 Å². The topological polar surface area (TPSA) is 59.0 Å². The molecule has 2 fully saturated rings. The molecule has 0 aromatic heterocycles. The lowest BCUT2D eigenvalue weighted by Gasteiger charge is -2.13. The quantitative estimate of drug-likeness (QED) is 0.271. The SMILES string of the molecule is O=C1[C@@H]2[C@H](C(=O)N1N=Cc1ccc(OCc3ccc(Br)cc3Br)c(Cl)c1)[C@H]1C=C[C@H]2C1. The maximum atomic E-state index is 12.7. The van der Waals surface area contributed by atoms with Crippen molar-refractivity contribution in [2.24, 2.45) is 28.8 Å². The van der Waals surface area contributed by atoms with E-state index >= 15 is 0 Å². The van der Waals surface area contributed by atoms with E-state index in [1.165, 1.54) is 6.21 Å². The number of nitrogens with zero attached hydrogens (tertiary/aromatic N) is 2. The number of imide groups is 1. The number of hydrogen-bond donors (Lipinski definition) is 0. The molecule has 0 N–H and O–H groups in total. The molecule has 5 rings (SSSR count). The second-order valence-corrected chi connectivity index (χ2v) is 10.1. The van der Waals surface area contributed by atoms with Crippen molar-refractivity contribution in [3.63, 3.8) is 0 Å². The first-order valence-corrected chi connectivity index (χ1v) is 11.8. The molecular weight excluding hydrogens is 548 g/mol. The van der Waals surface area contributed by atoms with Crippen LogP contribution in [0.15, 0.2) is 62.6 Å². The van der Waals surface area contributed by atoms with Crippen molar-refractivity contribution in [3.8, 4) is 5.75 Å². The smallest absolute Gasteiger partial charge is 0.254 e. The van der Waals surface area contributed by atoms with Crippen LogP contribution in [-0.4, -0.2) is 23.0 Å². The normalized spacial score (nSPS) is 26.4. The van der Waals surface area contributed by atoms with Gasteiger partial charge < -0.3 is 4.74 Å². The minimum atomic E-state index is -0.253. The number of amides is 2. The van der Waals surface area contributed by atoms with E-state index in [2.05, 4.69) is 49.1 Å². The van der Waals surface area contributed by atoms with Gasteiger partial charge in [0.15, 0.2) is 0 Å². The largest absolute Gasteiger partial charge is 0.487 e. The van der Waals surface area contributed by atoms with Crippen LogP contribution >= 0.6 is 43.5 Å². The minimum absolute atomic E-state index is 0.170. The highest BCUT2D eigenvalue weighted by molar-refractivity contribution is 9.11. The lowest BCUT2D eigenvalue weighted by Crippen LogP contribution is -2.28. The monoisotopic (exact) mass is 562 g/mol. The van der Waals surface area contributed by atoms with Crippen molar-refractivity contribution >= 4 is 61.5 Å². The van der Waals surface area contributed by atoms with E-state index < -0.39 is 0 Å². The fourth-order valence-electron chi connectivity index (χ4n) is 4.63. The molecule has 1 heterocycles. The average Bonchev–Trinajstić information content (AvgIpc) is 3.41. The molecular formula is C23H17Br2ClN2O3. The molecule has 1 saturated carbocycles. The van der Waals surface area contributed by atoms with Crippen molar-refractivity contribution in [2.45, 2.75) is 13.0 Å². The Morgan fingerprint density at radius 1 is 1.06 bits per heavy atom. The summed E-state index contributed by atoms with van der Waals surface area (Å²) in [5.41, 5.74) is 1.67. The van der Waals surface area contributed by atoms with Gasteiger partial charge in [-0.1, -0.05) is 61.7 Å². The Bertz CT molecular complexity index is 1120. The highest BCUT2D eigenvalue weighted by Crippen LogP contribution is 2.52. The summed E-state index contributed by atoms with van der Waals surface area (Å²) in [7, 11) is 0. The summed E-state index contributed by atoms with van der Waals surface area (Å²) in [5, 5.41) is 5.65. The Balaban J connectivity index is 1.27. The first kappa shape index (κ1) is 20.9. The van der Waals surface area contributed by atoms with Gasteiger partial charge in [0.2, 0.25) is 0 Å². The van der Waals surface area contributed by atoms with Gasteiger partial charge in [-0.3, -0.25) is 9.59 Å². The van der Waals surface area contributed by atoms with E-state index in [1.54, 1.807) is 18.2 Å². The summed E-state index contributed by atoms with van der Waals surface area (Å²) in [4.78, 5) is 25.4. The predicted octanol–water partition coefficient (Wildman–Crippen LogP) is 5.59. The summed E-state index contributed by atoms with van der Waals surface area (Å²) in [6, 6.07) is 11.1. The summed E-state index contributed by atoms with van der Waals surface area (Å²) >= 11 is 13.3. The Hall–Kier alpha value is -1.96. The van der Waals surface area contributed by atoms with Gasteiger partial charge in [0.1, 0.15) is 12.4 Å². The predicted molar refractivity (Wildman–Crippen MR) is 125 cm³/mol.